The predicted molar refractivity (Wildman–Crippen MR) is 89.8 cm³/mol. The smallest absolute Gasteiger partial charge is 0.178 e. The Balaban J connectivity index is 2.22. The first-order valence-corrected chi connectivity index (χ1v) is 7.73. The van der Waals surface area contributed by atoms with Gasteiger partial charge in [0.05, 0.1) is 17.1 Å². The molecule has 20 heavy (non-hydrogen) atoms. The van der Waals surface area contributed by atoms with Crippen molar-refractivity contribution < 1.29 is 0 Å². The fourth-order valence-electron chi connectivity index (χ4n) is 2.59. The molecular formula is C16H15BrN2S. The summed E-state index contributed by atoms with van der Waals surface area (Å²) in [5, 5.41) is 0. The summed E-state index contributed by atoms with van der Waals surface area (Å²) >= 11 is 9.05. The van der Waals surface area contributed by atoms with Crippen molar-refractivity contribution in [1.29, 1.82) is 0 Å². The second-order valence-electron chi connectivity index (χ2n) is 5.00. The molecule has 1 heterocycles. The summed E-state index contributed by atoms with van der Waals surface area (Å²) in [6, 6.07) is 14.8. The van der Waals surface area contributed by atoms with Crippen LogP contribution in [0, 0.1) is 11.7 Å². The average Bonchev–Trinajstić information content (AvgIpc) is 2.76. The van der Waals surface area contributed by atoms with Crippen molar-refractivity contribution in [3.8, 4) is 0 Å². The largest absolute Gasteiger partial charge is 0.330 e. The van der Waals surface area contributed by atoms with Crippen molar-refractivity contribution in [1.82, 2.24) is 9.55 Å². The van der Waals surface area contributed by atoms with Crippen LogP contribution in [0.3, 0.4) is 0 Å². The van der Waals surface area contributed by atoms with Crippen LogP contribution in [0.5, 0.6) is 0 Å². The van der Waals surface area contributed by atoms with Gasteiger partial charge in [0.15, 0.2) is 4.77 Å². The van der Waals surface area contributed by atoms with E-state index in [1.54, 1.807) is 0 Å². The molecule has 3 rings (SSSR count). The van der Waals surface area contributed by atoms with E-state index in [1.807, 2.05) is 6.07 Å². The van der Waals surface area contributed by atoms with Crippen molar-refractivity contribution in [2.75, 3.05) is 0 Å². The minimum absolute atomic E-state index is 0.190. The highest BCUT2D eigenvalue weighted by molar-refractivity contribution is 9.10. The van der Waals surface area contributed by atoms with E-state index >= 15 is 0 Å². The standard InChI is InChI=1S/C16H15BrN2S/c1-10-5-3-8-14-15(10)18-16(20)19(14)11(2)12-6-4-7-13(17)9-12/h3-9,11H,1-2H3,(H,18,20). The number of H-pyrrole nitrogens is 1. The van der Waals surface area contributed by atoms with Crippen molar-refractivity contribution in [2.45, 2.75) is 19.9 Å². The molecule has 0 saturated carbocycles. The molecule has 1 aromatic heterocycles. The van der Waals surface area contributed by atoms with Gasteiger partial charge in [-0.3, -0.25) is 0 Å². The van der Waals surface area contributed by atoms with Crippen molar-refractivity contribution in [3.63, 3.8) is 0 Å². The van der Waals surface area contributed by atoms with E-state index in [0.29, 0.717) is 0 Å². The SMILES string of the molecule is Cc1cccc2c1[nH]c(=S)n2C(C)c1cccc(Br)c1. The van der Waals surface area contributed by atoms with Crippen LogP contribution in [0.15, 0.2) is 46.9 Å². The first-order chi connectivity index (χ1) is 9.58. The molecule has 4 heteroatoms. The summed E-state index contributed by atoms with van der Waals surface area (Å²) in [6.07, 6.45) is 0. The molecule has 0 aliphatic carbocycles. The summed E-state index contributed by atoms with van der Waals surface area (Å²) < 4.78 is 4.03. The van der Waals surface area contributed by atoms with Gasteiger partial charge in [0.2, 0.25) is 0 Å². The first-order valence-electron chi connectivity index (χ1n) is 6.53. The van der Waals surface area contributed by atoms with Gasteiger partial charge in [-0.15, -0.1) is 0 Å². The number of benzene rings is 2. The molecule has 0 saturated heterocycles. The Labute approximate surface area is 131 Å². The maximum absolute atomic E-state index is 5.52. The van der Waals surface area contributed by atoms with Gasteiger partial charge in [-0.25, -0.2) is 0 Å². The Hall–Kier alpha value is -1.39. The van der Waals surface area contributed by atoms with Gasteiger partial charge in [0.1, 0.15) is 0 Å². The van der Waals surface area contributed by atoms with E-state index in [0.717, 1.165) is 20.3 Å². The molecule has 2 nitrogen and oxygen atoms in total. The Bertz CT molecular complexity index is 832. The normalized spacial score (nSPS) is 12.8. The molecule has 1 atom stereocenters. The molecule has 2 aromatic carbocycles. The average molecular weight is 347 g/mol. The fourth-order valence-corrected chi connectivity index (χ4v) is 3.37. The van der Waals surface area contributed by atoms with Crippen molar-refractivity contribution in [2.24, 2.45) is 0 Å². The molecule has 0 amide bonds. The number of para-hydroxylation sites is 1. The van der Waals surface area contributed by atoms with Crippen molar-refractivity contribution >= 4 is 39.2 Å². The molecule has 102 valence electrons. The van der Waals surface area contributed by atoms with Crippen LogP contribution in [-0.4, -0.2) is 9.55 Å². The van der Waals surface area contributed by atoms with Crippen LogP contribution < -0.4 is 0 Å². The first kappa shape index (κ1) is 13.6. The molecular weight excluding hydrogens is 332 g/mol. The highest BCUT2D eigenvalue weighted by Crippen LogP contribution is 2.27. The Morgan fingerprint density at radius 1 is 1.20 bits per heavy atom. The second kappa shape index (κ2) is 5.19. The Morgan fingerprint density at radius 2 is 1.95 bits per heavy atom. The lowest BCUT2D eigenvalue weighted by molar-refractivity contribution is 0.649. The quantitative estimate of drug-likeness (QED) is 0.617. The number of nitrogens with one attached hydrogen (secondary N) is 1. The number of aromatic amines is 1. The minimum Gasteiger partial charge on any atom is -0.330 e. The number of imidazole rings is 1. The third kappa shape index (κ3) is 2.23. The van der Waals surface area contributed by atoms with Crippen LogP contribution in [0.1, 0.15) is 24.1 Å². The highest BCUT2D eigenvalue weighted by Gasteiger charge is 2.14. The topological polar surface area (TPSA) is 20.7 Å². The number of aryl methyl sites for hydroxylation is 1. The van der Waals surface area contributed by atoms with Crippen LogP contribution in [0.2, 0.25) is 0 Å². The molecule has 0 radical (unpaired) electrons. The number of hydrogen-bond acceptors (Lipinski definition) is 1. The number of rotatable bonds is 2. The molecule has 3 aromatic rings. The highest BCUT2D eigenvalue weighted by atomic mass is 79.9. The lowest BCUT2D eigenvalue weighted by Crippen LogP contribution is -2.06. The summed E-state index contributed by atoms with van der Waals surface area (Å²) in [6.45, 7) is 4.27. The van der Waals surface area contributed by atoms with E-state index in [-0.39, 0.29) is 6.04 Å². The third-order valence-corrected chi connectivity index (χ3v) is 4.47. The summed E-state index contributed by atoms with van der Waals surface area (Å²) in [4.78, 5) is 3.33. The molecule has 1 N–H and O–H groups in total. The lowest BCUT2D eigenvalue weighted by Gasteiger charge is -2.15. The third-order valence-electron chi connectivity index (χ3n) is 3.68. The van der Waals surface area contributed by atoms with E-state index in [4.69, 9.17) is 12.2 Å². The van der Waals surface area contributed by atoms with Gasteiger partial charge in [-0.1, -0.05) is 40.2 Å². The van der Waals surface area contributed by atoms with Crippen LogP contribution >= 0.6 is 28.1 Å². The molecule has 0 fully saturated rings. The second-order valence-corrected chi connectivity index (χ2v) is 6.30. The van der Waals surface area contributed by atoms with Gasteiger partial charge < -0.3 is 9.55 Å². The minimum atomic E-state index is 0.190. The Kier molecular flexibility index (Phi) is 3.52. The van der Waals surface area contributed by atoms with Gasteiger partial charge in [0, 0.05) is 4.47 Å². The zero-order chi connectivity index (χ0) is 14.3. The van der Waals surface area contributed by atoms with E-state index in [1.165, 1.54) is 11.1 Å². The maximum Gasteiger partial charge on any atom is 0.178 e. The predicted octanol–water partition coefficient (Wildman–Crippen LogP) is 5.38. The maximum atomic E-state index is 5.52. The lowest BCUT2D eigenvalue weighted by atomic mass is 10.1. The van der Waals surface area contributed by atoms with Gasteiger partial charge in [-0.2, -0.15) is 0 Å². The fraction of sp³-hybridized carbons (Fsp3) is 0.188. The zero-order valence-electron chi connectivity index (χ0n) is 11.4. The monoisotopic (exact) mass is 346 g/mol. The van der Waals surface area contributed by atoms with Crippen LogP contribution in [-0.2, 0) is 0 Å². The number of nitrogens with zero attached hydrogens (tertiary/aromatic N) is 1. The molecule has 0 aliphatic rings. The van der Waals surface area contributed by atoms with E-state index < -0.39 is 0 Å². The van der Waals surface area contributed by atoms with E-state index in [9.17, 15) is 0 Å². The molecule has 0 aliphatic heterocycles. The zero-order valence-corrected chi connectivity index (χ0v) is 13.8. The number of halogens is 1. The van der Waals surface area contributed by atoms with Gasteiger partial charge in [0.25, 0.3) is 0 Å². The summed E-state index contributed by atoms with van der Waals surface area (Å²) in [5.41, 5.74) is 4.73. The molecule has 0 bridgehead atoms. The number of hydrogen-bond donors (Lipinski definition) is 1. The number of aromatic nitrogens is 2. The van der Waals surface area contributed by atoms with Crippen LogP contribution in [0.4, 0.5) is 0 Å². The van der Waals surface area contributed by atoms with Gasteiger partial charge in [-0.05, 0) is 55.4 Å². The van der Waals surface area contributed by atoms with Crippen LogP contribution in [0.25, 0.3) is 11.0 Å². The van der Waals surface area contributed by atoms with E-state index in [2.05, 4.69) is 75.7 Å². The molecule has 0 spiro atoms. The number of fused-ring (bicyclic) bond motifs is 1. The summed E-state index contributed by atoms with van der Waals surface area (Å²) in [5.74, 6) is 0. The molecule has 1 unspecified atom stereocenters. The Morgan fingerprint density at radius 3 is 2.70 bits per heavy atom. The van der Waals surface area contributed by atoms with Gasteiger partial charge >= 0.3 is 0 Å². The summed E-state index contributed by atoms with van der Waals surface area (Å²) in [7, 11) is 0. The van der Waals surface area contributed by atoms with Crippen molar-refractivity contribution in [3.05, 3.63) is 62.8 Å².